The number of ether oxygens (including phenoxy) is 1. The number of nitrogens with two attached hydrogens (primary N) is 1. The Labute approximate surface area is 175 Å². The van der Waals surface area contributed by atoms with Crippen LogP contribution in [0.5, 0.6) is 0 Å². The van der Waals surface area contributed by atoms with E-state index < -0.39 is 10.0 Å². The number of nitrogens with zero attached hydrogens (tertiary/aromatic N) is 1. The second-order valence-electron chi connectivity index (χ2n) is 7.52. The van der Waals surface area contributed by atoms with Crippen LogP contribution >= 0.6 is 0 Å². The maximum atomic E-state index is 11.4. The Morgan fingerprint density at radius 1 is 1.21 bits per heavy atom. The fraction of sp³-hybridized carbons (Fsp3) is 0.667. The van der Waals surface area contributed by atoms with Crippen molar-refractivity contribution in [3.8, 4) is 0 Å². The number of sulfonamides is 1. The standard InChI is InChI=1S/C21H36N4O3S/c1-5-21(6-2)18(15-19(21)28-8-4)25-20(23-7-3)24-14-13-16-9-11-17(12-10-16)29(22,26)27/h9-12,18-19H,5-8,13-15H2,1-4H3,(H2,22,26,27)(H2,23,24,25). The second-order valence-corrected chi connectivity index (χ2v) is 9.08. The monoisotopic (exact) mass is 424 g/mol. The average Bonchev–Trinajstić information content (AvgIpc) is 2.68. The fourth-order valence-corrected chi connectivity index (χ4v) is 4.73. The van der Waals surface area contributed by atoms with E-state index in [0.717, 1.165) is 50.4 Å². The quantitative estimate of drug-likeness (QED) is 0.395. The van der Waals surface area contributed by atoms with Crippen molar-refractivity contribution in [1.82, 2.24) is 10.6 Å². The summed E-state index contributed by atoms with van der Waals surface area (Å²) in [4.78, 5) is 4.85. The first-order valence-corrected chi connectivity index (χ1v) is 12.1. The van der Waals surface area contributed by atoms with Crippen molar-refractivity contribution in [2.45, 2.75) is 70.4 Å². The second kappa shape index (κ2) is 10.4. The lowest BCUT2D eigenvalue weighted by atomic mass is 9.58. The molecule has 0 spiro atoms. The van der Waals surface area contributed by atoms with Crippen molar-refractivity contribution >= 4 is 16.0 Å². The molecule has 1 aromatic carbocycles. The van der Waals surface area contributed by atoms with Crippen molar-refractivity contribution in [3.05, 3.63) is 29.8 Å². The lowest BCUT2D eigenvalue weighted by molar-refractivity contribution is -0.133. The molecule has 4 N–H and O–H groups in total. The highest BCUT2D eigenvalue weighted by atomic mass is 32.2. The highest BCUT2D eigenvalue weighted by Crippen LogP contribution is 2.48. The van der Waals surface area contributed by atoms with E-state index in [-0.39, 0.29) is 10.3 Å². The van der Waals surface area contributed by atoms with Gasteiger partial charge < -0.3 is 15.4 Å². The molecule has 0 heterocycles. The van der Waals surface area contributed by atoms with Crippen LogP contribution in [0.15, 0.2) is 34.2 Å². The molecule has 164 valence electrons. The third-order valence-corrected chi connectivity index (χ3v) is 6.98. The van der Waals surface area contributed by atoms with Gasteiger partial charge in [0.15, 0.2) is 5.96 Å². The zero-order chi connectivity index (χ0) is 21.5. The normalized spacial score (nSPS) is 21.5. The van der Waals surface area contributed by atoms with Crippen LogP contribution in [-0.4, -0.2) is 46.2 Å². The van der Waals surface area contributed by atoms with Crippen LogP contribution in [0.4, 0.5) is 0 Å². The summed E-state index contributed by atoms with van der Waals surface area (Å²) in [5, 5.41) is 12.1. The summed E-state index contributed by atoms with van der Waals surface area (Å²) in [6.07, 6.45) is 4.17. The Kier molecular flexibility index (Phi) is 8.48. The Bertz CT molecular complexity index is 774. The van der Waals surface area contributed by atoms with Crippen LogP contribution in [0.25, 0.3) is 0 Å². The minimum Gasteiger partial charge on any atom is -0.378 e. The molecule has 7 nitrogen and oxygen atoms in total. The first-order chi connectivity index (χ1) is 13.8. The van der Waals surface area contributed by atoms with E-state index in [1.54, 1.807) is 12.1 Å². The van der Waals surface area contributed by atoms with E-state index in [1.165, 1.54) is 12.1 Å². The van der Waals surface area contributed by atoms with Gasteiger partial charge in [0.25, 0.3) is 0 Å². The number of benzene rings is 1. The first-order valence-electron chi connectivity index (χ1n) is 10.6. The molecule has 1 aliphatic rings. The molecule has 2 atom stereocenters. The van der Waals surface area contributed by atoms with Crippen LogP contribution in [0.3, 0.4) is 0 Å². The van der Waals surface area contributed by atoms with Gasteiger partial charge in [-0.05, 0) is 57.2 Å². The van der Waals surface area contributed by atoms with Crippen molar-refractivity contribution in [3.63, 3.8) is 0 Å². The molecule has 2 unspecified atom stereocenters. The van der Waals surface area contributed by atoms with Crippen LogP contribution in [-0.2, 0) is 21.2 Å². The maximum Gasteiger partial charge on any atom is 0.238 e. The van der Waals surface area contributed by atoms with Crippen molar-refractivity contribution in [2.75, 3.05) is 19.7 Å². The van der Waals surface area contributed by atoms with E-state index in [4.69, 9.17) is 14.9 Å². The van der Waals surface area contributed by atoms with Crippen LogP contribution < -0.4 is 15.8 Å². The molecule has 1 fully saturated rings. The van der Waals surface area contributed by atoms with Crippen LogP contribution in [0, 0.1) is 5.41 Å². The Hall–Kier alpha value is -1.64. The summed E-state index contributed by atoms with van der Waals surface area (Å²) in [5.74, 6) is 0.819. The molecular weight excluding hydrogens is 388 g/mol. The predicted octanol–water partition coefficient (Wildman–Crippen LogP) is 2.42. The first kappa shape index (κ1) is 23.6. The minimum absolute atomic E-state index is 0.129. The molecule has 1 aromatic rings. The van der Waals surface area contributed by atoms with E-state index in [9.17, 15) is 8.42 Å². The molecular formula is C21H36N4O3S. The van der Waals surface area contributed by atoms with Gasteiger partial charge in [0.2, 0.25) is 10.0 Å². The van der Waals surface area contributed by atoms with Crippen LogP contribution in [0.1, 0.15) is 52.5 Å². The van der Waals surface area contributed by atoms with E-state index in [2.05, 4.69) is 38.3 Å². The molecule has 0 bridgehead atoms. The minimum atomic E-state index is -3.65. The van der Waals surface area contributed by atoms with Gasteiger partial charge in [-0.25, -0.2) is 13.6 Å². The summed E-state index contributed by atoms with van der Waals surface area (Å²) in [6, 6.07) is 7.00. The molecule has 1 aliphatic carbocycles. The summed E-state index contributed by atoms with van der Waals surface area (Å²) < 4.78 is 28.7. The van der Waals surface area contributed by atoms with Gasteiger partial charge in [-0.15, -0.1) is 0 Å². The van der Waals surface area contributed by atoms with Gasteiger partial charge in [0, 0.05) is 31.2 Å². The fourth-order valence-electron chi connectivity index (χ4n) is 4.21. The number of hydrogen-bond acceptors (Lipinski definition) is 4. The van der Waals surface area contributed by atoms with Crippen molar-refractivity contribution in [2.24, 2.45) is 15.5 Å². The zero-order valence-electron chi connectivity index (χ0n) is 18.1. The molecule has 0 aromatic heterocycles. The smallest absolute Gasteiger partial charge is 0.238 e. The Morgan fingerprint density at radius 2 is 1.86 bits per heavy atom. The maximum absolute atomic E-state index is 11.4. The highest BCUT2D eigenvalue weighted by Gasteiger charge is 2.53. The number of nitrogens with one attached hydrogen (secondary N) is 2. The summed E-state index contributed by atoms with van der Waals surface area (Å²) in [5.41, 5.74) is 1.17. The molecule has 0 aliphatic heterocycles. The predicted molar refractivity (Wildman–Crippen MR) is 117 cm³/mol. The van der Waals surface area contributed by atoms with Gasteiger partial charge in [0.1, 0.15) is 0 Å². The van der Waals surface area contributed by atoms with E-state index >= 15 is 0 Å². The summed E-state index contributed by atoms with van der Waals surface area (Å²) in [6.45, 7) is 10.7. The number of hydrogen-bond donors (Lipinski definition) is 3. The Balaban J connectivity index is 1.99. The Morgan fingerprint density at radius 3 is 2.38 bits per heavy atom. The van der Waals surface area contributed by atoms with E-state index in [0.29, 0.717) is 18.7 Å². The molecule has 0 amide bonds. The average molecular weight is 425 g/mol. The molecule has 0 saturated heterocycles. The number of rotatable bonds is 10. The molecule has 8 heteroatoms. The largest absolute Gasteiger partial charge is 0.378 e. The van der Waals surface area contributed by atoms with E-state index in [1.807, 2.05) is 0 Å². The summed E-state index contributed by atoms with van der Waals surface area (Å²) in [7, 11) is -3.65. The third kappa shape index (κ3) is 5.71. The highest BCUT2D eigenvalue weighted by molar-refractivity contribution is 7.89. The topological polar surface area (TPSA) is 106 Å². The number of aliphatic imine (C=N–C) groups is 1. The third-order valence-electron chi connectivity index (χ3n) is 6.05. The van der Waals surface area contributed by atoms with Crippen molar-refractivity contribution < 1.29 is 13.2 Å². The van der Waals surface area contributed by atoms with Crippen molar-refractivity contribution in [1.29, 1.82) is 0 Å². The number of primary sulfonamides is 1. The summed E-state index contributed by atoms with van der Waals surface area (Å²) >= 11 is 0. The van der Waals surface area contributed by atoms with Gasteiger partial charge in [-0.3, -0.25) is 4.99 Å². The SMILES string of the molecule is CCNC(=NCCc1ccc(S(N)(=O)=O)cc1)NC1CC(OCC)C1(CC)CC. The molecule has 2 rings (SSSR count). The zero-order valence-corrected chi connectivity index (χ0v) is 18.9. The lowest BCUT2D eigenvalue weighted by Gasteiger charge is -2.55. The van der Waals surface area contributed by atoms with Gasteiger partial charge in [-0.2, -0.15) is 0 Å². The number of guanidine groups is 1. The molecule has 1 saturated carbocycles. The molecule has 29 heavy (non-hydrogen) atoms. The van der Waals surface area contributed by atoms with Gasteiger partial charge in [0.05, 0.1) is 11.0 Å². The van der Waals surface area contributed by atoms with Gasteiger partial charge in [-0.1, -0.05) is 26.0 Å². The lowest BCUT2D eigenvalue weighted by Crippen LogP contribution is -2.65. The van der Waals surface area contributed by atoms with Gasteiger partial charge >= 0.3 is 0 Å². The van der Waals surface area contributed by atoms with Crippen LogP contribution in [0.2, 0.25) is 0 Å². The molecule has 0 radical (unpaired) electrons.